The van der Waals surface area contributed by atoms with Crippen molar-refractivity contribution in [1.29, 1.82) is 0 Å². The van der Waals surface area contributed by atoms with E-state index in [4.69, 9.17) is 4.74 Å². The standard InChI is InChI=1S/C23H31NO3/c1-18-9-5-6-13-22(18)23(19-10-3-2-4-11-19)27-17-21(26)15-24-14-8-7-12-20(24)16-25/h2-6,9-11,13,20-21,23,25-26H,7-8,12,14-17H2,1H3/t20-,21+,23+/m1/s1. The molecule has 2 N–H and O–H groups in total. The van der Waals surface area contributed by atoms with Gasteiger partial charge in [0.2, 0.25) is 0 Å². The average molecular weight is 370 g/mol. The van der Waals surface area contributed by atoms with Crippen molar-refractivity contribution in [3.05, 3.63) is 71.3 Å². The fourth-order valence-corrected chi connectivity index (χ4v) is 3.91. The lowest BCUT2D eigenvalue weighted by Crippen LogP contribution is -2.46. The largest absolute Gasteiger partial charge is 0.395 e. The van der Waals surface area contributed by atoms with E-state index in [0.717, 1.165) is 36.9 Å². The van der Waals surface area contributed by atoms with Gasteiger partial charge >= 0.3 is 0 Å². The lowest BCUT2D eigenvalue weighted by Gasteiger charge is -2.36. The van der Waals surface area contributed by atoms with Crippen LogP contribution in [0, 0.1) is 6.92 Å². The van der Waals surface area contributed by atoms with E-state index in [9.17, 15) is 10.2 Å². The molecule has 0 amide bonds. The summed E-state index contributed by atoms with van der Waals surface area (Å²) in [5, 5.41) is 20.1. The van der Waals surface area contributed by atoms with Gasteiger partial charge in [-0.25, -0.2) is 0 Å². The molecule has 1 aliphatic rings. The number of aliphatic hydroxyl groups is 2. The van der Waals surface area contributed by atoms with Crippen molar-refractivity contribution < 1.29 is 14.9 Å². The van der Waals surface area contributed by atoms with Crippen LogP contribution in [0.2, 0.25) is 0 Å². The number of nitrogens with zero attached hydrogens (tertiary/aromatic N) is 1. The molecule has 4 heteroatoms. The van der Waals surface area contributed by atoms with E-state index < -0.39 is 6.10 Å². The van der Waals surface area contributed by atoms with Gasteiger partial charge in [0, 0.05) is 12.6 Å². The Hall–Kier alpha value is -1.72. The molecule has 2 aromatic carbocycles. The molecule has 1 aliphatic heterocycles. The van der Waals surface area contributed by atoms with Crippen LogP contribution in [0.3, 0.4) is 0 Å². The number of hydrogen-bond donors (Lipinski definition) is 2. The number of likely N-dealkylation sites (tertiary alicyclic amines) is 1. The molecule has 4 nitrogen and oxygen atoms in total. The Morgan fingerprint density at radius 2 is 1.81 bits per heavy atom. The lowest BCUT2D eigenvalue weighted by molar-refractivity contribution is -0.0238. The fraction of sp³-hybridized carbons (Fsp3) is 0.478. The number of ether oxygens (including phenoxy) is 1. The number of aryl methyl sites for hydroxylation is 1. The van der Waals surface area contributed by atoms with Crippen molar-refractivity contribution in [2.75, 3.05) is 26.3 Å². The Balaban J connectivity index is 1.67. The van der Waals surface area contributed by atoms with Crippen LogP contribution >= 0.6 is 0 Å². The van der Waals surface area contributed by atoms with Crippen molar-refractivity contribution >= 4 is 0 Å². The van der Waals surface area contributed by atoms with Crippen LogP contribution in [0.15, 0.2) is 54.6 Å². The van der Waals surface area contributed by atoms with Crippen molar-refractivity contribution in [1.82, 2.24) is 4.90 Å². The van der Waals surface area contributed by atoms with Crippen LogP contribution in [-0.4, -0.2) is 53.6 Å². The first kappa shape index (κ1) is 20.0. The highest BCUT2D eigenvalue weighted by Gasteiger charge is 2.25. The Labute approximate surface area is 162 Å². The second-order valence-electron chi connectivity index (χ2n) is 7.46. The van der Waals surface area contributed by atoms with Crippen LogP contribution in [0.5, 0.6) is 0 Å². The zero-order valence-corrected chi connectivity index (χ0v) is 16.1. The van der Waals surface area contributed by atoms with Gasteiger partial charge in [-0.05, 0) is 43.0 Å². The van der Waals surface area contributed by atoms with Gasteiger partial charge in [0.15, 0.2) is 0 Å². The summed E-state index contributed by atoms with van der Waals surface area (Å²) in [4.78, 5) is 2.20. The third kappa shape index (κ3) is 5.39. The maximum absolute atomic E-state index is 10.6. The zero-order valence-electron chi connectivity index (χ0n) is 16.1. The van der Waals surface area contributed by atoms with Gasteiger partial charge in [0.1, 0.15) is 6.10 Å². The van der Waals surface area contributed by atoms with Gasteiger partial charge < -0.3 is 14.9 Å². The predicted octanol–water partition coefficient (Wildman–Crippen LogP) is 3.31. The Kier molecular flexibility index (Phi) is 7.41. The van der Waals surface area contributed by atoms with E-state index >= 15 is 0 Å². The monoisotopic (exact) mass is 369 g/mol. The topological polar surface area (TPSA) is 52.9 Å². The number of hydrogen-bond acceptors (Lipinski definition) is 4. The second kappa shape index (κ2) is 10.00. The summed E-state index contributed by atoms with van der Waals surface area (Å²) in [5.41, 5.74) is 3.39. The molecule has 0 bridgehead atoms. The number of benzene rings is 2. The highest BCUT2D eigenvalue weighted by molar-refractivity contribution is 5.35. The van der Waals surface area contributed by atoms with E-state index in [1.165, 1.54) is 5.56 Å². The molecule has 0 unspecified atom stereocenters. The summed E-state index contributed by atoms with van der Waals surface area (Å²) in [6.07, 6.45) is 2.50. The molecule has 0 radical (unpaired) electrons. The minimum Gasteiger partial charge on any atom is -0.395 e. The van der Waals surface area contributed by atoms with Crippen molar-refractivity contribution in [2.24, 2.45) is 0 Å². The van der Waals surface area contributed by atoms with E-state index in [1.807, 2.05) is 30.3 Å². The van der Waals surface area contributed by atoms with Crippen molar-refractivity contribution in [2.45, 2.75) is 44.4 Å². The number of piperidine rings is 1. The first-order valence-electron chi connectivity index (χ1n) is 9.94. The summed E-state index contributed by atoms with van der Waals surface area (Å²) in [6, 6.07) is 18.6. The van der Waals surface area contributed by atoms with Crippen molar-refractivity contribution in [3.8, 4) is 0 Å². The average Bonchev–Trinajstić information content (AvgIpc) is 2.70. The van der Waals surface area contributed by atoms with Gasteiger partial charge in [-0.15, -0.1) is 0 Å². The molecule has 1 heterocycles. The summed E-state index contributed by atoms with van der Waals surface area (Å²) >= 11 is 0. The van der Waals surface area contributed by atoms with Gasteiger partial charge in [0.25, 0.3) is 0 Å². The molecule has 2 aromatic rings. The summed E-state index contributed by atoms with van der Waals surface area (Å²) in [7, 11) is 0. The van der Waals surface area contributed by atoms with Crippen LogP contribution in [0.25, 0.3) is 0 Å². The molecule has 0 saturated carbocycles. The van der Waals surface area contributed by atoms with E-state index in [-0.39, 0.29) is 25.4 Å². The van der Waals surface area contributed by atoms with E-state index in [2.05, 4.69) is 36.1 Å². The first-order valence-corrected chi connectivity index (χ1v) is 9.94. The lowest BCUT2D eigenvalue weighted by atomic mass is 9.97. The second-order valence-corrected chi connectivity index (χ2v) is 7.46. The molecule has 0 aromatic heterocycles. The van der Waals surface area contributed by atoms with Crippen LogP contribution in [0.1, 0.15) is 42.1 Å². The predicted molar refractivity (Wildman–Crippen MR) is 108 cm³/mol. The van der Waals surface area contributed by atoms with Crippen molar-refractivity contribution in [3.63, 3.8) is 0 Å². The van der Waals surface area contributed by atoms with Gasteiger partial charge in [0.05, 0.1) is 19.3 Å². The first-order chi connectivity index (χ1) is 13.2. The zero-order chi connectivity index (χ0) is 19.1. The maximum Gasteiger partial charge on any atom is 0.108 e. The Bertz CT molecular complexity index is 691. The number of rotatable bonds is 8. The quantitative estimate of drug-likeness (QED) is 0.750. The molecule has 0 aliphatic carbocycles. The molecule has 1 saturated heterocycles. The summed E-state index contributed by atoms with van der Waals surface area (Å²) in [6.45, 7) is 3.99. The van der Waals surface area contributed by atoms with Crippen LogP contribution in [0.4, 0.5) is 0 Å². The van der Waals surface area contributed by atoms with Crippen LogP contribution in [-0.2, 0) is 4.74 Å². The maximum atomic E-state index is 10.6. The molecular formula is C23H31NO3. The van der Waals surface area contributed by atoms with Gasteiger partial charge in [-0.2, -0.15) is 0 Å². The smallest absolute Gasteiger partial charge is 0.108 e. The number of β-amino-alcohol motifs (C(OH)–C–C–N with tert-alkyl or cyclic N) is 1. The minimum absolute atomic E-state index is 0.156. The Morgan fingerprint density at radius 3 is 2.56 bits per heavy atom. The molecule has 1 fully saturated rings. The third-order valence-electron chi connectivity index (χ3n) is 5.43. The van der Waals surface area contributed by atoms with Gasteiger partial charge in [-0.1, -0.05) is 61.0 Å². The third-order valence-corrected chi connectivity index (χ3v) is 5.43. The molecular weight excluding hydrogens is 338 g/mol. The highest BCUT2D eigenvalue weighted by atomic mass is 16.5. The molecule has 3 rings (SSSR count). The normalized spacial score (nSPS) is 20.3. The number of aliphatic hydroxyl groups excluding tert-OH is 2. The molecule has 3 atom stereocenters. The highest BCUT2D eigenvalue weighted by Crippen LogP contribution is 2.28. The van der Waals surface area contributed by atoms with Gasteiger partial charge in [-0.3, -0.25) is 4.90 Å². The fourth-order valence-electron chi connectivity index (χ4n) is 3.91. The van der Waals surface area contributed by atoms with Crippen LogP contribution < -0.4 is 0 Å². The summed E-state index contributed by atoms with van der Waals surface area (Å²) < 4.78 is 6.23. The molecule has 27 heavy (non-hydrogen) atoms. The molecule has 146 valence electrons. The molecule has 0 spiro atoms. The Morgan fingerprint density at radius 1 is 1.07 bits per heavy atom. The summed E-state index contributed by atoms with van der Waals surface area (Å²) in [5.74, 6) is 0. The van der Waals surface area contributed by atoms with E-state index in [0.29, 0.717) is 6.54 Å². The van der Waals surface area contributed by atoms with E-state index in [1.54, 1.807) is 0 Å². The SMILES string of the molecule is Cc1ccccc1[C@@H](OC[C@@H](O)CN1CCCC[C@@H]1CO)c1ccccc1. The minimum atomic E-state index is -0.576.